The van der Waals surface area contributed by atoms with Crippen LogP contribution in [-0.2, 0) is 6.42 Å². The maximum Gasteiger partial charge on any atom is 0.338 e. The van der Waals surface area contributed by atoms with Gasteiger partial charge in [0, 0.05) is 0 Å². The molecule has 0 atom stereocenters. The molecule has 1 aromatic carbocycles. The van der Waals surface area contributed by atoms with Gasteiger partial charge in [-0.15, -0.1) is 0 Å². The van der Waals surface area contributed by atoms with E-state index in [2.05, 4.69) is 6.92 Å². The summed E-state index contributed by atoms with van der Waals surface area (Å²) in [7, 11) is 0. The molecular weight excluding hydrogens is 242 g/mol. The number of ether oxygens (including phenoxy) is 1. The van der Waals surface area contributed by atoms with Crippen molar-refractivity contribution in [3.63, 3.8) is 0 Å². The molecule has 0 saturated carbocycles. The van der Waals surface area contributed by atoms with Crippen LogP contribution in [-0.4, -0.2) is 3.98 Å². The van der Waals surface area contributed by atoms with E-state index in [0.717, 1.165) is 17.5 Å². The highest BCUT2D eigenvalue weighted by Gasteiger charge is 2.22. The Labute approximate surface area is 98.9 Å². The van der Waals surface area contributed by atoms with Gasteiger partial charge in [-0.1, -0.05) is 19.1 Å². The lowest BCUT2D eigenvalue weighted by Crippen LogP contribution is -2.13. The Kier molecular flexibility index (Phi) is 3.94. The standard InChI is InChI=1S/C10H10Cl3O/c1-3-8-6-7(2)4-5-9(8)14-10(11,12)13/h4-6H,2-3H2,1H3. The second-order valence-corrected chi connectivity index (χ2v) is 5.02. The van der Waals surface area contributed by atoms with E-state index in [0.29, 0.717) is 5.75 Å². The van der Waals surface area contributed by atoms with Crippen molar-refractivity contribution < 1.29 is 4.74 Å². The highest BCUT2D eigenvalue weighted by molar-refractivity contribution is 6.66. The molecular formula is C10H10Cl3O. The first-order valence-electron chi connectivity index (χ1n) is 4.13. The third kappa shape index (κ3) is 3.56. The molecule has 1 rings (SSSR count). The number of hydrogen-bond acceptors (Lipinski definition) is 1. The maximum atomic E-state index is 5.53. The molecule has 0 heterocycles. The molecule has 0 saturated heterocycles. The summed E-state index contributed by atoms with van der Waals surface area (Å²) < 4.78 is 3.43. The van der Waals surface area contributed by atoms with Crippen molar-refractivity contribution in [1.82, 2.24) is 0 Å². The molecule has 0 aliphatic rings. The summed E-state index contributed by atoms with van der Waals surface area (Å²) >= 11 is 16.6. The molecule has 0 bridgehead atoms. The Morgan fingerprint density at radius 1 is 1.36 bits per heavy atom. The van der Waals surface area contributed by atoms with Gasteiger partial charge in [-0.3, -0.25) is 0 Å². The van der Waals surface area contributed by atoms with E-state index in [9.17, 15) is 0 Å². The van der Waals surface area contributed by atoms with Gasteiger partial charge < -0.3 is 4.74 Å². The summed E-state index contributed by atoms with van der Waals surface area (Å²) in [5.74, 6) is 0.583. The lowest BCUT2D eigenvalue weighted by molar-refractivity contribution is 0.317. The van der Waals surface area contributed by atoms with Gasteiger partial charge in [0.15, 0.2) is 0 Å². The van der Waals surface area contributed by atoms with Crippen LogP contribution in [0.1, 0.15) is 18.1 Å². The molecule has 0 aromatic heterocycles. The average Bonchev–Trinajstić information content (AvgIpc) is 2.06. The van der Waals surface area contributed by atoms with E-state index in [1.54, 1.807) is 6.07 Å². The van der Waals surface area contributed by atoms with E-state index in [1.807, 2.05) is 19.1 Å². The predicted molar refractivity (Wildman–Crippen MR) is 61.2 cm³/mol. The van der Waals surface area contributed by atoms with Crippen molar-refractivity contribution in [2.75, 3.05) is 0 Å². The smallest absolute Gasteiger partial charge is 0.338 e. The molecule has 4 heteroatoms. The zero-order valence-electron chi connectivity index (χ0n) is 7.69. The molecule has 0 spiro atoms. The lowest BCUT2D eigenvalue weighted by atomic mass is 10.1. The average molecular weight is 253 g/mol. The first kappa shape index (κ1) is 12.0. The fourth-order valence-electron chi connectivity index (χ4n) is 1.13. The highest BCUT2D eigenvalue weighted by Crippen LogP contribution is 2.32. The highest BCUT2D eigenvalue weighted by atomic mass is 35.6. The number of rotatable bonds is 2. The number of hydrogen-bond donors (Lipinski definition) is 0. The Morgan fingerprint density at radius 3 is 2.50 bits per heavy atom. The molecule has 0 aliphatic carbocycles. The Hall–Kier alpha value is -0.110. The number of halogens is 3. The van der Waals surface area contributed by atoms with Crippen LogP contribution in [0.3, 0.4) is 0 Å². The van der Waals surface area contributed by atoms with Gasteiger partial charge in [-0.25, -0.2) is 0 Å². The Bertz CT molecular complexity index is 318. The van der Waals surface area contributed by atoms with E-state index in [1.165, 1.54) is 0 Å². The van der Waals surface area contributed by atoms with Gasteiger partial charge in [0.2, 0.25) is 0 Å². The number of aryl methyl sites for hydroxylation is 1. The molecule has 0 fully saturated rings. The molecule has 0 unspecified atom stereocenters. The summed E-state index contributed by atoms with van der Waals surface area (Å²) in [5.41, 5.74) is 1.89. The van der Waals surface area contributed by atoms with E-state index in [4.69, 9.17) is 39.5 Å². The quantitative estimate of drug-likeness (QED) is 0.719. The summed E-state index contributed by atoms with van der Waals surface area (Å²) in [6.45, 7) is 5.81. The van der Waals surface area contributed by atoms with Gasteiger partial charge in [-0.2, -0.15) is 0 Å². The van der Waals surface area contributed by atoms with Crippen molar-refractivity contribution in [2.24, 2.45) is 0 Å². The summed E-state index contributed by atoms with van der Waals surface area (Å²) in [5, 5.41) is 0. The molecule has 0 aliphatic heterocycles. The minimum atomic E-state index is -1.72. The van der Waals surface area contributed by atoms with Gasteiger partial charge in [0.1, 0.15) is 5.75 Å². The summed E-state index contributed by atoms with van der Waals surface area (Å²) in [4.78, 5) is 0. The van der Waals surface area contributed by atoms with Crippen molar-refractivity contribution in [3.05, 3.63) is 36.2 Å². The normalized spacial score (nSPS) is 11.5. The largest absolute Gasteiger partial charge is 0.445 e. The monoisotopic (exact) mass is 251 g/mol. The SMILES string of the molecule is [CH2]c1ccc(OC(Cl)(Cl)Cl)c(CC)c1. The molecule has 1 radical (unpaired) electrons. The third-order valence-electron chi connectivity index (χ3n) is 1.73. The molecule has 1 aromatic rings. The van der Waals surface area contributed by atoms with E-state index >= 15 is 0 Å². The van der Waals surface area contributed by atoms with Gasteiger partial charge in [-0.05, 0) is 65.3 Å². The molecule has 0 N–H and O–H groups in total. The van der Waals surface area contributed by atoms with Crippen LogP contribution < -0.4 is 4.74 Å². The van der Waals surface area contributed by atoms with Crippen LogP contribution in [0.25, 0.3) is 0 Å². The number of benzene rings is 1. The third-order valence-corrected chi connectivity index (χ3v) is 1.96. The summed E-state index contributed by atoms with van der Waals surface area (Å²) in [6, 6.07) is 5.47. The van der Waals surface area contributed by atoms with Crippen LogP contribution in [0.15, 0.2) is 18.2 Å². The van der Waals surface area contributed by atoms with Crippen molar-refractivity contribution in [3.8, 4) is 5.75 Å². The van der Waals surface area contributed by atoms with E-state index in [-0.39, 0.29) is 0 Å². The van der Waals surface area contributed by atoms with Crippen molar-refractivity contribution in [1.29, 1.82) is 0 Å². The van der Waals surface area contributed by atoms with Crippen LogP contribution in [0.2, 0.25) is 0 Å². The van der Waals surface area contributed by atoms with Gasteiger partial charge in [0.25, 0.3) is 0 Å². The molecule has 77 valence electrons. The maximum absolute atomic E-state index is 5.53. The van der Waals surface area contributed by atoms with Gasteiger partial charge >= 0.3 is 3.98 Å². The van der Waals surface area contributed by atoms with Crippen molar-refractivity contribution in [2.45, 2.75) is 17.3 Å². The first-order chi connectivity index (χ1) is 6.42. The first-order valence-corrected chi connectivity index (χ1v) is 5.26. The second kappa shape index (κ2) is 4.61. The topological polar surface area (TPSA) is 9.23 Å². The van der Waals surface area contributed by atoms with Crippen LogP contribution in [0, 0.1) is 6.92 Å². The summed E-state index contributed by atoms with van der Waals surface area (Å²) in [6.07, 6.45) is 0.805. The zero-order valence-corrected chi connectivity index (χ0v) is 9.96. The Balaban J connectivity index is 2.97. The van der Waals surface area contributed by atoms with Crippen LogP contribution in [0.4, 0.5) is 0 Å². The minimum absolute atomic E-state index is 0.583. The molecule has 0 amide bonds. The van der Waals surface area contributed by atoms with Crippen LogP contribution >= 0.6 is 34.8 Å². The minimum Gasteiger partial charge on any atom is -0.445 e. The lowest BCUT2D eigenvalue weighted by Gasteiger charge is -2.16. The van der Waals surface area contributed by atoms with Gasteiger partial charge in [0.05, 0.1) is 0 Å². The fraction of sp³-hybridized carbons (Fsp3) is 0.300. The molecule has 1 nitrogen and oxygen atoms in total. The second-order valence-electron chi connectivity index (χ2n) is 2.84. The zero-order chi connectivity index (χ0) is 10.8. The molecule has 14 heavy (non-hydrogen) atoms. The predicted octanol–water partition coefficient (Wildman–Crippen LogP) is 4.14. The Morgan fingerprint density at radius 2 is 2.00 bits per heavy atom. The van der Waals surface area contributed by atoms with E-state index < -0.39 is 3.98 Å². The van der Waals surface area contributed by atoms with Crippen molar-refractivity contribution >= 4 is 34.8 Å². The fourth-order valence-corrected chi connectivity index (χ4v) is 1.38. The van der Waals surface area contributed by atoms with Crippen LogP contribution in [0.5, 0.6) is 5.75 Å². The number of alkyl halides is 3.